The molecule has 0 aliphatic carbocycles. The van der Waals surface area contributed by atoms with E-state index < -0.39 is 7.26 Å². The second kappa shape index (κ2) is 10.4. The molecule has 1 N–H and O–H groups in total. The number of ether oxygens (including phenoxy) is 1. The van der Waals surface area contributed by atoms with E-state index in [0.29, 0.717) is 5.75 Å². The summed E-state index contributed by atoms with van der Waals surface area (Å²) >= 11 is 0. The quantitative estimate of drug-likeness (QED) is 0.378. The summed E-state index contributed by atoms with van der Waals surface area (Å²) < 4.78 is 6.56. The second-order valence-electron chi connectivity index (χ2n) is 10.2. The van der Waals surface area contributed by atoms with E-state index >= 15 is 0 Å². The van der Waals surface area contributed by atoms with Gasteiger partial charge in [0, 0.05) is 11.1 Å². The molecule has 0 spiro atoms. The van der Waals surface area contributed by atoms with Crippen LogP contribution in [0.25, 0.3) is 0 Å². The number of hydrogen-bond acceptors (Lipinski definition) is 2. The number of halogens is 1. The van der Waals surface area contributed by atoms with Gasteiger partial charge in [0.25, 0.3) is 0 Å². The van der Waals surface area contributed by atoms with Crippen LogP contribution >= 0.6 is 7.26 Å². The largest absolute Gasteiger partial charge is 1.00 e. The van der Waals surface area contributed by atoms with Crippen molar-refractivity contribution in [3.8, 4) is 11.5 Å². The summed E-state index contributed by atoms with van der Waals surface area (Å²) in [5.41, 5.74) is 3.99. The number of benzene rings is 4. The van der Waals surface area contributed by atoms with Gasteiger partial charge in [-0.15, -0.1) is 0 Å². The minimum atomic E-state index is -2.13. The Morgan fingerprint density at radius 1 is 0.750 bits per heavy atom. The Labute approximate surface area is 226 Å². The number of phenolic OH excluding ortho intramolecular Hbond substituents is 1. The van der Waals surface area contributed by atoms with Crippen LogP contribution in [-0.4, -0.2) is 10.7 Å². The molecule has 36 heavy (non-hydrogen) atoms. The second-order valence-corrected chi connectivity index (χ2v) is 13.7. The van der Waals surface area contributed by atoms with E-state index in [1.807, 2.05) is 6.92 Å². The van der Waals surface area contributed by atoms with Crippen molar-refractivity contribution in [1.29, 1.82) is 0 Å². The molecule has 1 aliphatic heterocycles. The van der Waals surface area contributed by atoms with Crippen molar-refractivity contribution in [3.05, 3.63) is 113 Å². The molecular formula is C32H34BrO2P. The van der Waals surface area contributed by atoms with Crippen LogP contribution in [0, 0.1) is 13.8 Å². The molecule has 4 heteroatoms. The average Bonchev–Trinajstić information content (AvgIpc) is 2.89. The monoisotopic (exact) mass is 560 g/mol. The molecule has 0 aromatic heterocycles. The molecule has 2 nitrogen and oxygen atoms in total. The molecule has 0 unspecified atom stereocenters. The standard InChI is InChI=1S/C32H33O2P.BrH/c1-23-24(2)31-28(20-21-32(3,4)34-31)29(30(23)33)22-35(25-14-8-5-9-15-25,26-16-10-6-11-17-26)27-18-12-7-13-19-27;/h5-19H,20-22H2,1-4H3;1H. The summed E-state index contributed by atoms with van der Waals surface area (Å²) in [7, 11) is -2.13. The van der Waals surface area contributed by atoms with Crippen LogP contribution in [-0.2, 0) is 12.6 Å². The highest BCUT2D eigenvalue weighted by molar-refractivity contribution is 7.95. The number of aromatic hydroxyl groups is 1. The maximum atomic E-state index is 11.6. The predicted octanol–water partition coefficient (Wildman–Crippen LogP) is 3.61. The van der Waals surface area contributed by atoms with Gasteiger partial charge in [-0.25, -0.2) is 0 Å². The fraction of sp³-hybridized carbons (Fsp3) is 0.250. The third kappa shape index (κ3) is 4.60. The molecule has 0 saturated carbocycles. The summed E-state index contributed by atoms with van der Waals surface area (Å²) in [4.78, 5) is 0. The van der Waals surface area contributed by atoms with Crippen LogP contribution in [0.5, 0.6) is 11.5 Å². The van der Waals surface area contributed by atoms with Gasteiger partial charge in [0.05, 0.1) is 0 Å². The van der Waals surface area contributed by atoms with Crippen LogP contribution in [0.3, 0.4) is 0 Å². The van der Waals surface area contributed by atoms with Crippen LogP contribution in [0.4, 0.5) is 0 Å². The fourth-order valence-electron chi connectivity index (χ4n) is 5.41. The summed E-state index contributed by atoms with van der Waals surface area (Å²) in [6.45, 7) is 8.42. The topological polar surface area (TPSA) is 29.5 Å². The first-order valence-corrected chi connectivity index (χ1v) is 14.4. The van der Waals surface area contributed by atoms with Gasteiger partial charge in [0.2, 0.25) is 0 Å². The molecule has 0 radical (unpaired) electrons. The third-order valence-corrected chi connectivity index (χ3v) is 11.9. The van der Waals surface area contributed by atoms with Crippen molar-refractivity contribution in [2.75, 3.05) is 0 Å². The fourth-order valence-corrected chi connectivity index (χ4v) is 9.71. The van der Waals surface area contributed by atoms with Gasteiger partial charge in [-0.3, -0.25) is 0 Å². The molecule has 1 aliphatic rings. The maximum absolute atomic E-state index is 11.6. The summed E-state index contributed by atoms with van der Waals surface area (Å²) in [5, 5.41) is 15.6. The minimum Gasteiger partial charge on any atom is -1.00 e. The lowest BCUT2D eigenvalue weighted by atomic mass is 9.88. The molecular weight excluding hydrogens is 527 g/mol. The molecule has 1 heterocycles. The van der Waals surface area contributed by atoms with Gasteiger partial charge >= 0.3 is 0 Å². The van der Waals surface area contributed by atoms with Crippen LogP contribution < -0.4 is 37.6 Å². The molecule has 0 saturated heterocycles. The Morgan fingerprint density at radius 2 is 1.19 bits per heavy atom. The van der Waals surface area contributed by atoms with E-state index in [0.717, 1.165) is 41.4 Å². The molecule has 0 amide bonds. The first-order valence-electron chi connectivity index (χ1n) is 12.4. The third-order valence-electron chi connectivity index (χ3n) is 7.52. The van der Waals surface area contributed by atoms with Crippen LogP contribution in [0.15, 0.2) is 91.0 Å². The van der Waals surface area contributed by atoms with E-state index in [-0.39, 0.29) is 22.6 Å². The minimum absolute atomic E-state index is 0. The molecule has 4 aromatic rings. The zero-order chi connectivity index (χ0) is 24.6. The predicted molar refractivity (Wildman–Crippen MR) is 149 cm³/mol. The van der Waals surface area contributed by atoms with Gasteiger partial charge in [-0.05, 0) is 88.1 Å². The number of phenols is 1. The summed E-state index contributed by atoms with van der Waals surface area (Å²) in [6.07, 6.45) is 2.59. The Balaban J connectivity index is 0.00000304. The molecule has 0 fully saturated rings. The first kappa shape index (κ1) is 26.5. The van der Waals surface area contributed by atoms with Gasteiger partial charge < -0.3 is 26.8 Å². The lowest BCUT2D eigenvalue weighted by Gasteiger charge is -2.36. The van der Waals surface area contributed by atoms with Crippen molar-refractivity contribution >= 4 is 23.2 Å². The highest BCUT2D eigenvalue weighted by atomic mass is 79.9. The van der Waals surface area contributed by atoms with E-state index in [1.165, 1.54) is 21.5 Å². The normalized spacial score (nSPS) is 14.3. The van der Waals surface area contributed by atoms with E-state index in [9.17, 15) is 5.11 Å². The molecule has 0 bridgehead atoms. The average molecular weight is 562 g/mol. The van der Waals surface area contributed by atoms with Crippen molar-refractivity contribution in [1.82, 2.24) is 0 Å². The Kier molecular flexibility index (Phi) is 7.64. The summed E-state index contributed by atoms with van der Waals surface area (Å²) in [5.74, 6) is 1.40. The molecule has 0 atom stereocenters. The summed E-state index contributed by atoms with van der Waals surface area (Å²) in [6, 6.07) is 32.6. The van der Waals surface area contributed by atoms with Gasteiger partial charge in [-0.2, -0.15) is 0 Å². The zero-order valence-electron chi connectivity index (χ0n) is 21.5. The lowest BCUT2D eigenvalue weighted by Crippen LogP contribution is -3.00. The van der Waals surface area contributed by atoms with E-state index in [2.05, 4.69) is 112 Å². The highest BCUT2D eigenvalue weighted by Crippen LogP contribution is 2.60. The van der Waals surface area contributed by atoms with E-state index in [1.54, 1.807) is 0 Å². The van der Waals surface area contributed by atoms with E-state index in [4.69, 9.17) is 4.74 Å². The van der Waals surface area contributed by atoms with Crippen LogP contribution in [0.2, 0.25) is 0 Å². The molecule has 5 rings (SSSR count). The van der Waals surface area contributed by atoms with Gasteiger partial charge in [-0.1, -0.05) is 54.6 Å². The highest BCUT2D eigenvalue weighted by Gasteiger charge is 2.47. The van der Waals surface area contributed by atoms with Crippen molar-refractivity contribution in [2.24, 2.45) is 0 Å². The van der Waals surface area contributed by atoms with Crippen molar-refractivity contribution in [3.63, 3.8) is 0 Å². The SMILES string of the molecule is Cc1c(C)c2c(c(C[P+](c3ccccc3)(c3ccccc3)c3ccccc3)c1O)CCC(C)(C)O2.[Br-]. The Morgan fingerprint density at radius 3 is 1.64 bits per heavy atom. The lowest BCUT2D eigenvalue weighted by molar-refractivity contribution is -0.0000121. The number of fused-ring (bicyclic) bond motifs is 1. The maximum Gasteiger partial charge on any atom is 0.127 e. The van der Waals surface area contributed by atoms with Gasteiger partial charge in [0.15, 0.2) is 0 Å². The Hall–Kier alpha value is -2.61. The van der Waals surface area contributed by atoms with Crippen LogP contribution in [0.1, 0.15) is 42.5 Å². The molecule has 4 aromatic carbocycles. The van der Waals surface area contributed by atoms with Crippen molar-refractivity contribution in [2.45, 2.75) is 52.3 Å². The number of hydrogen-bond donors (Lipinski definition) is 1. The van der Waals surface area contributed by atoms with Crippen molar-refractivity contribution < 1.29 is 26.8 Å². The zero-order valence-corrected chi connectivity index (χ0v) is 23.9. The first-order chi connectivity index (χ1) is 16.8. The molecule has 186 valence electrons. The van der Waals surface area contributed by atoms with Gasteiger partial charge in [0.1, 0.15) is 46.4 Å². The Bertz CT molecular complexity index is 1240. The smallest absolute Gasteiger partial charge is 0.127 e. The number of rotatable bonds is 5.